The summed E-state index contributed by atoms with van der Waals surface area (Å²) in [4.78, 5) is 4.06. The van der Waals surface area contributed by atoms with E-state index in [0.29, 0.717) is 27.1 Å². The van der Waals surface area contributed by atoms with Gasteiger partial charge in [-0.25, -0.2) is 4.98 Å². The van der Waals surface area contributed by atoms with Gasteiger partial charge in [-0.2, -0.15) is 5.26 Å². The number of pyridine rings is 1. The number of aliphatic hydroxyl groups is 1. The van der Waals surface area contributed by atoms with Crippen LogP contribution in [-0.4, -0.2) is 16.6 Å². The molecular weight excluding hydrogens is 297 g/mol. The molecule has 0 saturated carbocycles. The molecule has 20 heavy (non-hydrogen) atoms. The minimum atomic E-state index is -0.779. The van der Waals surface area contributed by atoms with Crippen LogP contribution in [0.25, 0.3) is 0 Å². The van der Waals surface area contributed by atoms with Gasteiger partial charge in [0.05, 0.1) is 6.10 Å². The van der Waals surface area contributed by atoms with E-state index >= 15 is 0 Å². The first kappa shape index (κ1) is 14.6. The number of halogens is 2. The Morgan fingerprint density at radius 2 is 1.95 bits per heavy atom. The zero-order valence-electron chi connectivity index (χ0n) is 10.3. The fraction of sp³-hybridized carbons (Fsp3) is 0.143. The third kappa shape index (κ3) is 3.84. The highest BCUT2D eigenvalue weighted by atomic mass is 35.5. The maximum atomic E-state index is 10.1. The molecule has 1 aromatic heterocycles. The van der Waals surface area contributed by atoms with Gasteiger partial charge in [0.2, 0.25) is 0 Å². The number of nitriles is 1. The van der Waals surface area contributed by atoms with Crippen molar-refractivity contribution in [1.82, 2.24) is 4.98 Å². The number of nitrogens with one attached hydrogen (secondary N) is 1. The van der Waals surface area contributed by atoms with Crippen molar-refractivity contribution in [2.24, 2.45) is 0 Å². The monoisotopic (exact) mass is 307 g/mol. The molecule has 0 fully saturated rings. The van der Waals surface area contributed by atoms with E-state index < -0.39 is 6.10 Å². The van der Waals surface area contributed by atoms with Crippen LogP contribution < -0.4 is 5.32 Å². The van der Waals surface area contributed by atoms with E-state index in [1.54, 1.807) is 36.4 Å². The zero-order chi connectivity index (χ0) is 14.5. The van der Waals surface area contributed by atoms with Crippen molar-refractivity contribution in [1.29, 1.82) is 5.26 Å². The van der Waals surface area contributed by atoms with Gasteiger partial charge in [-0.15, -0.1) is 0 Å². The first-order chi connectivity index (χ1) is 9.58. The Balaban J connectivity index is 2.04. The van der Waals surface area contributed by atoms with Gasteiger partial charge in [-0.05, 0) is 35.9 Å². The molecule has 0 radical (unpaired) electrons. The van der Waals surface area contributed by atoms with Gasteiger partial charge >= 0.3 is 0 Å². The van der Waals surface area contributed by atoms with E-state index in [0.717, 1.165) is 0 Å². The van der Waals surface area contributed by atoms with Crippen molar-refractivity contribution in [2.45, 2.75) is 6.10 Å². The lowest BCUT2D eigenvalue weighted by atomic mass is 10.1. The predicted molar refractivity (Wildman–Crippen MR) is 78.9 cm³/mol. The Hall–Kier alpha value is -1.80. The van der Waals surface area contributed by atoms with Crippen LogP contribution in [0, 0.1) is 11.3 Å². The summed E-state index contributed by atoms with van der Waals surface area (Å²) in [6, 6.07) is 11.9. The second-order valence-corrected chi connectivity index (χ2v) is 4.99. The van der Waals surface area contributed by atoms with Gasteiger partial charge in [-0.1, -0.05) is 29.3 Å². The second-order valence-electron chi connectivity index (χ2n) is 4.12. The summed E-state index contributed by atoms with van der Waals surface area (Å²) >= 11 is 11.8. The zero-order valence-corrected chi connectivity index (χ0v) is 11.9. The largest absolute Gasteiger partial charge is 0.387 e. The lowest BCUT2D eigenvalue weighted by Gasteiger charge is -2.13. The number of anilines is 1. The molecule has 0 aliphatic heterocycles. The molecule has 0 amide bonds. The predicted octanol–water partition coefficient (Wildman–Crippen LogP) is 3.41. The maximum Gasteiger partial charge on any atom is 0.142 e. The Morgan fingerprint density at radius 3 is 2.60 bits per heavy atom. The molecule has 1 heterocycles. The highest BCUT2D eigenvalue weighted by molar-refractivity contribution is 6.34. The summed E-state index contributed by atoms with van der Waals surface area (Å²) in [6.45, 7) is 0.235. The van der Waals surface area contributed by atoms with Crippen molar-refractivity contribution >= 4 is 29.0 Å². The summed E-state index contributed by atoms with van der Waals surface area (Å²) in [5.41, 5.74) is 0.932. The van der Waals surface area contributed by atoms with Gasteiger partial charge in [-0.3, -0.25) is 0 Å². The summed E-state index contributed by atoms with van der Waals surface area (Å²) in [6.07, 6.45) is -0.779. The molecule has 1 aromatic carbocycles. The van der Waals surface area contributed by atoms with E-state index in [1.165, 1.54) is 0 Å². The van der Waals surface area contributed by atoms with E-state index in [-0.39, 0.29) is 6.54 Å². The number of hydrogen-bond acceptors (Lipinski definition) is 4. The smallest absolute Gasteiger partial charge is 0.142 e. The molecule has 2 aromatic rings. The van der Waals surface area contributed by atoms with Crippen LogP contribution in [0.5, 0.6) is 0 Å². The van der Waals surface area contributed by atoms with Gasteiger partial charge in [0.15, 0.2) is 0 Å². The number of benzene rings is 1. The van der Waals surface area contributed by atoms with Crippen LogP contribution in [-0.2, 0) is 0 Å². The number of rotatable bonds is 4. The van der Waals surface area contributed by atoms with Gasteiger partial charge in [0.25, 0.3) is 0 Å². The van der Waals surface area contributed by atoms with Crippen LogP contribution in [0.3, 0.4) is 0 Å². The standard InChI is InChI=1S/C14H11Cl2N3O/c15-10-4-9(5-11(16)6-10)13(20)8-18-14-3-1-2-12(7-17)19-14/h1-6,13,20H,8H2,(H,18,19). The molecule has 6 heteroatoms. The SMILES string of the molecule is N#Cc1cccc(NCC(O)c2cc(Cl)cc(Cl)c2)n1. The Kier molecular flexibility index (Phi) is 4.80. The van der Waals surface area contributed by atoms with Gasteiger partial charge in [0, 0.05) is 16.6 Å². The number of hydrogen-bond donors (Lipinski definition) is 2. The minimum Gasteiger partial charge on any atom is -0.387 e. The van der Waals surface area contributed by atoms with Crippen molar-refractivity contribution in [3.8, 4) is 6.07 Å². The van der Waals surface area contributed by atoms with Crippen LogP contribution >= 0.6 is 23.2 Å². The average molecular weight is 308 g/mol. The molecule has 0 aliphatic carbocycles. The molecule has 4 nitrogen and oxygen atoms in total. The van der Waals surface area contributed by atoms with Crippen molar-refractivity contribution in [2.75, 3.05) is 11.9 Å². The third-order valence-corrected chi connectivity index (χ3v) is 3.05. The molecule has 1 atom stereocenters. The molecular formula is C14H11Cl2N3O. The molecule has 102 valence electrons. The Morgan fingerprint density at radius 1 is 1.25 bits per heavy atom. The molecule has 2 rings (SSSR count). The molecule has 0 aliphatic rings. The van der Waals surface area contributed by atoms with Gasteiger partial charge in [0.1, 0.15) is 17.6 Å². The fourth-order valence-electron chi connectivity index (χ4n) is 1.68. The summed E-state index contributed by atoms with van der Waals surface area (Å²) in [7, 11) is 0. The number of aromatic nitrogens is 1. The van der Waals surface area contributed by atoms with E-state index in [9.17, 15) is 5.11 Å². The summed E-state index contributed by atoms with van der Waals surface area (Å²) < 4.78 is 0. The Labute approximate surface area is 126 Å². The van der Waals surface area contributed by atoms with Gasteiger partial charge < -0.3 is 10.4 Å². The van der Waals surface area contributed by atoms with Crippen LogP contribution in [0.15, 0.2) is 36.4 Å². The number of nitrogens with zero attached hydrogens (tertiary/aromatic N) is 2. The lowest BCUT2D eigenvalue weighted by molar-refractivity contribution is 0.191. The first-order valence-electron chi connectivity index (χ1n) is 5.83. The first-order valence-corrected chi connectivity index (χ1v) is 6.59. The summed E-state index contributed by atoms with van der Waals surface area (Å²) in [5, 5.41) is 22.7. The highest BCUT2D eigenvalue weighted by Gasteiger charge is 2.09. The molecule has 1 unspecified atom stereocenters. The normalized spacial score (nSPS) is 11.7. The molecule has 0 spiro atoms. The van der Waals surface area contributed by atoms with E-state index in [1.807, 2.05) is 6.07 Å². The molecule has 0 bridgehead atoms. The quantitative estimate of drug-likeness (QED) is 0.908. The van der Waals surface area contributed by atoms with Crippen LogP contribution in [0.1, 0.15) is 17.4 Å². The van der Waals surface area contributed by atoms with Crippen molar-refractivity contribution in [3.05, 3.63) is 57.7 Å². The van der Waals surface area contributed by atoms with Crippen LogP contribution in [0.2, 0.25) is 10.0 Å². The van der Waals surface area contributed by atoms with E-state index in [2.05, 4.69) is 10.3 Å². The lowest BCUT2D eigenvalue weighted by Crippen LogP contribution is -2.13. The third-order valence-electron chi connectivity index (χ3n) is 2.61. The highest BCUT2D eigenvalue weighted by Crippen LogP contribution is 2.23. The topological polar surface area (TPSA) is 68.9 Å². The Bertz CT molecular complexity index is 635. The average Bonchev–Trinajstić information content (AvgIpc) is 2.44. The molecule has 2 N–H and O–H groups in total. The fourth-order valence-corrected chi connectivity index (χ4v) is 2.22. The number of aliphatic hydroxyl groups excluding tert-OH is 1. The van der Waals surface area contributed by atoms with Crippen LogP contribution in [0.4, 0.5) is 5.82 Å². The van der Waals surface area contributed by atoms with E-state index in [4.69, 9.17) is 28.5 Å². The maximum absolute atomic E-state index is 10.1. The summed E-state index contributed by atoms with van der Waals surface area (Å²) in [5.74, 6) is 0.524. The molecule has 0 saturated heterocycles. The van der Waals surface area contributed by atoms with Crippen molar-refractivity contribution in [3.63, 3.8) is 0 Å². The van der Waals surface area contributed by atoms with Crippen molar-refractivity contribution < 1.29 is 5.11 Å². The second kappa shape index (κ2) is 6.58. The minimum absolute atomic E-state index is 0.235.